The zero-order valence-electron chi connectivity index (χ0n) is 12.6. The van der Waals surface area contributed by atoms with Crippen molar-refractivity contribution in [1.82, 2.24) is 10.2 Å². The maximum absolute atomic E-state index is 3.82. The van der Waals surface area contributed by atoms with Crippen molar-refractivity contribution in [2.75, 3.05) is 26.2 Å². The first-order valence-electron chi connectivity index (χ1n) is 8.11. The Kier molecular flexibility index (Phi) is 5.50. The number of hydrogen-bond donors (Lipinski definition) is 1. The Hall–Kier alpha value is -0.0800. The summed E-state index contributed by atoms with van der Waals surface area (Å²) in [6, 6.07) is 0.775. The molecular weight excluding hydrogens is 220 g/mol. The van der Waals surface area contributed by atoms with Crippen molar-refractivity contribution in [1.29, 1.82) is 0 Å². The summed E-state index contributed by atoms with van der Waals surface area (Å²) in [7, 11) is 0. The summed E-state index contributed by atoms with van der Waals surface area (Å²) in [5.74, 6) is 2.76. The van der Waals surface area contributed by atoms with E-state index in [4.69, 9.17) is 0 Å². The van der Waals surface area contributed by atoms with Crippen molar-refractivity contribution >= 4 is 0 Å². The van der Waals surface area contributed by atoms with Crippen molar-refractivity contribution in [3.63, 3.8) is 0 Å². The van der Waals surface area contributed by atoms with Gasteiger partial charge in [-0.25, -0.2) is 0 Å². The Morgan fingerprint density at radius 1 is 0.944 bits per heavy atom. The number of hydrogen-bond acceptors (Lipinski definition) is 2. The standard InChI is InChI=1S/C16H32N2/c1-13-6-9-18(10-7-13)11-8-17-16-12-14(2)4-5-15(16)3/h13-17H,4-12H2,1-3H3. The fourth-order valence-electron chi connectivity index (χ4n) is 3.51. The Bertz CT molecular complexity index is 233. The summed E-state index contributed by atoms with van der Waals surface area (Å²) in [5.41, 5.74) is 0. The Morgan fingerprint density at radius 2 is 1.67 bits per heavy atom. The van der Waals surface area contributed by atoms with Crippen LogP contribution in [0, 0.1) is 17.8 Å². The maximum Gasteiger partial charge on any atom is 0.0107 e. The number of piperidine rings is 1. The van der Waals surface area contributed by atoms with Gasteiger partial charge in [-0.3, -0.25) is 0 Å². The summed E-state index contributed by atoms with van der Waals surface area (Å²) >= 11 is 0. The van der Waals surface area contributed by atoms with Gasteiger partial charge in [0.05, 0.1) is 0 Å². The summed E-state index contributed by atoms with van der Waals surface area (Å²) in [4.78, 5) is 2.64. The molecule has 0 aromatic carbocycles. The van der Waals surface area contributed by atoms with Crippen LogP contribution in [0.4, 0.5) is 0 Å². The van der Waals surface area contributed by atoms with Crippen LogP contribution in [0.1, 0.15) is 52.9 Å². The average molecular weight is 252 g/mol. The molecule has 0 aromatic heterocycles. The molecule has 2 rings (SSSR count). The van der Waals surface area contributed by atoms with E-state index in [1.807, 2.05) is 0 Å². The van der Waals surface area contributed by atoms with E-state index in [0.717, 1.165) is 23.8 Å². The van der Waals surface area contributed by atoms with Crippen LogP contribution < -0.4 is 5.32 Å². The van der Waals surface area contributed by atoms with Crippen LogP contribution in [0.2, 0.25) is 0 Å². The molecule has 3 atom stereocenters. The van der Waals surface area contributed by atoms with Gasteiger partial charge in [-0.15, -0.1) is 0 Å². The molecule has 0 radical (unpaired) electrons. The predicted molar refractivity (Wildman–Crippen MR) is 78.8 cm³/mol. The van der Waals surface area contributed by atoms with E-state index in [9.17, 15) is 0 Å². The van der Waals surface area contributed by atoms with Crippen molar-refractivity contribution in [2.24, 2.45) is 17.8 Å². The van der Waals surface area contributed by atoms with Gasteiger partial charge in [0.15, 0.2) is 0 Å². The molecule has 2 fully saturated rings. The highest BCUT2D eigenvalue weighted by molar-refractivity contribution is 4.81. The number of rotatable bonds is 4. The zero-order chi connectivity index (χ0) is 13.0. The third-order valence-electron chi connectivity index (χ3n) is 5.17. The second kappa shape index (κ2) is 6.91. The van der Waals surface area contributed by atoms with E-state index in [1.165, 1.54) is 58.3 Å². The monoisotopic (exact) mass is 252 g/mol. The summed E-state index contributed by atoms with van der Waals surface area (Å²) in [6.07, 6.45) is 7.04. The normalized spacial score (nSPS) is 35.8. The topological polar surface area (TPSA) is 15.3 Å². The van der Waals surface area contributed by atoms with E-state index in [2.05, 4.69) is 31.0 Å². The molecule has 3 unspecified atom stereocenters. The minimum absolute atomic E-state index is 0.775. The number of likely N-dealkylation sites (tertiary alicyclic amines) is 1. The van der Waals surface area contributed by atoms with E-state index < -0.39 is 0 Å². The third kappa shape index (κ3) is 4.24. The van der Waals surface area contributed by atoms with Gasteiger partial charge in [0.1, 0.15) is 0 Å². The second-order valence-corrected chi connectivity index (χ2v) is 6.98. The summed E-state index contributed by atoms with van der Waals surface area (Å²) < 4.78 is 0. The molecule has 0 bridgehead atoms. The lowest BCUT2D eigenvalue weighted by molar-refractivity contribution is 0.178. The van der Waals surface area contributed by atoms with Gasteiger partial charge in [0.2, 0.25) is 0 Å². The minimum atomic E-state index is 0.775. The summed E-state index contributed by atoms with van der Waals surface area (Å²) in [6.45, 7) is 12.3. The summed E-state index contributed by atoms with van der Waals surface area (Å²) in [5, 5.41) is 3.82. The van der Waals surface area contributed by atoms with Crippen LogP contribution in [-0.2, 0) is 0 Å². The van der Waals surface area contributed by atoms with Crippen LogP contribution in [0.5, 0.6) is 0 Å². The molecule has 2 nitrogen and oxygen atoms in total. The first-order valence-corrected chi connectivity index (χ1v) is 8.11. The fourth-order valence-corrected chi connectivity index (χ4v) is 3.51. The van der Waals surface area contributed by atoms with Crippen molar-refractivity contribution in [3.8, 4) is 0 Å². The first-order chi connectivity index (χ1) is 8.65. The smallest absolute Gasteiger partial charge is 0.0107 e. The molecular formula is C16H32N2. The maximum atomic E-state index is 3.82. The Balaban J connectivity index is 1.62. The molecule has 1 N–H and O–H groups in total. The zero-order valence-corrected chi connectivity index (χ0v) is 12.6. The van der Waals surface area contributed by atoms with Crippen molar-refractivity contribution in [3.05, 3.63) is 0 Å². The molecule has 18 heavy (non-hydrogen) atoms. The molecule has 1 aliphatic carbocycles. The quantitative estimate of drug-likeness (QED) is 0.827. The van der Waals surface area contributed by atoms with Gasteiger partial charge in [0.25, 0.3) is 0 Å². The van der Waals surface area contributed by atoms with Crippen LogP contribution in [-0.4, -0.2) is 37.1 Å². The average Bonchev–Trinajstić information content (AvgIpc) is 2.36. The number of nitrogens with zero attached hydrogens (tertiary/aromatic N) is 1. The third-order valence-corrected chi connectivity index (χ3v) is 5.17. The molecule has 0 spiro atoms. The highest BCUT2D eigenvalue weighted by atomic mass is 15.1. The number of nitrogens with one attached hydrogen (secondary N) is 1. The lowest BCUT2D eigenvalue weighted by atomic mass is 9.80. The van der Waals surface area contributed by atoms with Gasteiger partial charge in [-0.05, 0) is 56.5 Å². The fraction of sp³-hybridized carbons (Fsp3) is 1.00. The van der Waals surface area contributed by atoms with Crippen molar-refractivity contribution in [2.45, 2.75) is 58.9 Å². The molecule has 0 aromatic rings. The van der Waals surface area contributed by atoms with E-state index in [-0.39, 0.29) is 0 Å². The largest absolute Gasteiger partial charge is 0.312 e. The molecule has 1 aliphatic heterocycles. The Labute approximate surface area is 114 Å². The second-order valence-electron chi connectivity index (χ2n) is 6.98. The van der Waals surface area contributed by atoms with E-state index >= 15 is 0 Å². The molecule has 1 saturated heterocycles. The lowest BCUT2D eigenvalue weighted by Gasteiger charge is -2.35. The molecule has 1 saturated carbocycles. The predicted octanol–water partition coefficient (Wildman–Crippen LogP) is 3.13. The van der Waals surface area contributed by atoms with Crippen molar-refractivity contribution < 1.29 is 0 Å². The molecule has 2 aliphatic rings. The molecule has 106 valence electrons. The lowest BCUT2D eigenvalue weighted by Crippen LogP contribution is -2.44. The van der Waals surface area contributed by atoms with E-state index in [0.29, 0.717) is 0 Å². The van der Waals surface area contributed by atoms with Crippen LogP contribution in [0.25, 0.3) is 0 Å². The van der Waals surface area contributed by atoms with Gasteiger partial charge in [0, 0.05) is 19.1 Å². The van der Waals surface area contributed by atoms with E-state index in [1.54, 1.807) is 0 Å². The first kappa shape index (κ1) is 14.3. The van der Waals surface area contributed by atoms with Crippen LogP contribution >= 0.6 is 0 Å². The molecule has 2 heteroatoms. The highest BCUT2D eigenvalue weighted by Crippen LogP contribution is 2.28. The SMILES string of the molecule is CC1CCN(CCNC2CC(C)CCC2C)CC1. The minimum Gasteiger partial charge on any atom is -0.312 e. The van der Waals surface area contributed by atoms with Crippen LogP contribution in [0.15, 0.2) is 0 Å². The van der Waals surface area contributed by atoms with Gasteiger partial charge < -0.3 is 10.2 Å². The molecule has 1 heterocycles. The van der Waals surface area contributed by atoms with Gasteiger partial charge in [-0.1, -0.05) is 27.2 Å². The molecule has 0 amide bonds. The van der Waals surface area contributed by atoms with Crippen LogP contribution in [0.3, 0.4) is 0 Å². The highest BCUT2D eigenvalue weighted by Gasteiger charge is 2.25. The van der Waals surface area contributed by atoms with Gasteiger partial charge in [-0.2, -0.15) is 0 Å². The van der Waals surface area contributed by atoms with Gasteiger partial charge >= 0.3 is 0 Å². The Morgan fingerprint density at radius 3 is 2.39 bits per heavy atom.